The molecule has 12 rings (SSSR count). The van der Waals surface area contributed by atoms with Crippen molar-refractivity contribution in [1.29, 1.82) is 0 Å². The van der Waals surface area contributed by atoms with Gasteiger partial charge in [-0.2, -0.15) is 0 Å². The summed E-state index contributed by atoms with van der Waals surface area (Å²) in [6, 6.07) is 62.8. The Labute approximate surface area is 306 Å². The second-order valence-corrected chi connectivity index (χ2v) is 15.8. The maximum absolute atomic E-state index is 2.47. The van der Waals surface area contributed by atoms with Crippen molar-refractivity contribution in [2.45, 2.75) is 0 Å². The van der Waals surface area contributed by atoms with E-state index in [4.69, 9.17) is 0 Å². The van der Waals surface area contributed by atoms with E-state index in [2.05, 4.69) is 179 Å². The molecule has 4 aromatic heterocycles. The van der Waals surface area contributed by atoms with Gasteiger partial charge in [-0.25, -0.2) is 0 Å². The topological polar surface area (TPSA) is 9.86 Å². The zero-order valence-electron chi connectivity index (χ0n) is 27.9. The maximum Gasteiger partial charge on any atom is 0.0562 e. The first-order valence-corrected chi connectivity index (χ1v) is 19.3. The van der Waals surface area contributed by atoms with Crippen molar-refractivity contribution in [3.05, 3.63) is 170 Å². The van der Waals surface area contributed by atoms with Crippen molar-refractivity contribution in [2.24, 2.45) is 0 Å². The lowest BCUT2D eigenvalue weighted by atomic mass is 9.98. The molecule has 0 saturated carbocycles. The molecule has 8 aromatic carbocycles. The van der Waals surface area contributed by atoms with Gasteiger partial charge in [0.2, 0.25) is 0 Å². The average Bonchev–Trinajstić information content (AvgIpc) is 3.94. The summed E-state index contributed by atoms with van der Waals surface area (Å²) in [5.41, 5.74) is 9.84. The molecule has 4 heterocycles. The number of hydrogen-bond acceptors (Lipinski definition) is 2. The standard InChI is InChI=1S/C48H28N2S2/c1-2-12-29(13-3-1)49-40-20-7-4-14-31(40)37-27-38-32-15-5-8-21-41(32)50(43(38)28-42(37)49)30-24-25-45-39(26-30)35-19-10-18-34(48(35)52-45)33-17-11-23-46-47(33)36-16-6-9-22-44(36)51-46/h1-28H. The van der Waals surface area contributed by atoms with Crippen LogP contribution in [0.25, 0.3) is 106 Å². The molecule has 242 valence electrons. The third-order valence-corrected chi connectivity index (χ3v) is 13.3. The molecule has 0 unspecified atom stereocenters. The third kappa shape index (κ3) is 3.88. The molecule has 0 radical (unpaired) electrons. The van der Waals surface area contributed by atoms with Crippen LogP contribution in [0.4, 0.5) is 0 Å². The molecule has 0 bridgehead atoms. The number of benzene rings is 8. The Morgan fingerprint density at radius 3 is 1.69 bits per heavy atom. The summed E-state index contributed by atoms with van der Waals surface area (Å²) in [5, 5.41) is 10.4. The lowest BCUT2D eigenvalue weighted by molar-refractivity contribution is 1.17. The molecule has 2 nitrogen and oxygen atoms in total. The number of hydrogen-bond donors (Lipinski definition) is 0. The first-order chi connectivity index (χ1) is 25.8. The van der Waals surface area contributed by atoms with Gasteiger partial charge in [0.1, 0.15) is 0 Å². The van der Waals surface area contributed by atoms with Gasteiger partial charge < -0.3 is 9.13 Å². The number of rotatable bonds is 3. The Morgan fingerprint density at radius 1 is 0.308 bits per heavy atom. The predicted octanol–water partition coefficient (Wildman–Crippen LogP) is 14.3. The van der Waals surface area contributed by atoms with Crippen LogP contribution in [-0.4, -0.2) is 9.13 Å². The molecule has 0 N–H and O–H groups in total. The lowest BCUT2D eigenvalue weighted by Crippen LogP contribution is -1.95. The van der Waals surface area contributed by atoms with E-state index in [9.17, 15) is 0 Å². The van der Waals surface area contributed by atoms with Gasteiger partial charge >= 0.3 is 0 Å². The minimum Gasteiger partial charge on any atom is -0.309 e. The predicted molar refractivity (Wildman–Crippen MR) is 226 cm³/mol. The van der Waals surface area contributed by atoms with Crippen molar-refractivity contribution in [3.8, 4) is 22.5 Å². The fraction of sp³-hybridized carbons (Fsp3) is 0. The van der Waals surface area contributed by atoms with Crippen LogP contribution in [0, 0.1) is 0 Å². The summed E-state index contributed by atoms with van der Waals surface area (Å²) in [7, 11) is 0. The van der Waals surface area contributed by atoms with Crippen LogP contribution in [0.2, 0.25) is 0 Å². The van der Waals surface area contributed by atoms with Crippen LogP contribution >= 0.6 is 22.7 Å². The number of thiophene rings is 2. The van der Waals surface area contributed by atoms with Crippen LogP contribution in [0.3, 0.4) is 0 Å². The fourth-order valence-electron chi connectivity index (χ4n) is 8.70. The molecule has 0 aliphatic heterocycles. The number of para-hydroxylation sites is 3. The largest absolute Gasteiger partial charge is 0.309 e. The molecule has 0 amide bonds. The molecule has 0 aliphatic rings. The number of fused-ring (bicyclic) bond motifs is 12. The molecular weight excluding hydrogens is 669 g/mol. The minimum atomic E-state index is 1.17. The van der Waals surface area contributed by atoms with Crippen molar-refractivity contribution in [3.63, 3.8) is 0 Å². The van der Waals surface area contributed by atoms with E-state index in [-0.39, 0.29) is 0 Å². The van der Waals surface area contributed by atoms with Crippen LogP contribution in [0.1, 0.15) is 0 Å². The Balaban J connectivity index is 1.13. The van der Waals surface area contributed by atoms with E-state index >= 15 is 0 Å². The van der Waals surface area contributed by atoms with Gasteiger partial charge in [0, 0.05) is 78.8 Å². The van der Waals surface area contributed by atoms with Gasteiger partial charge in [-0.15, -0.1) is 22.7 Å². The van der Waals surface area contributed by atoms with E-state index in [1.165, 1.54) is 106 Å². The molecule has 52 heavy (non-hydrogen) atoms. The molecule has 0 spiro atoms. The Hall–Kier alpha value is -6.20. The Morgan fingerprint density at radius 2 is 0.904 bits per heavy atom. The van der Waals surface area contributed by atoms with Gasteiger partial charge in [-0.05, 0) is 72.3 Å². The monoisotopic (exact) mass is 696 g/mol. The van der Waals surface area contributed by atoms with Crippen molar-refractivity contribution in [1.82, 2.24) is 9.13 Å². The van der Waals surface area contributed by atoms with Crippen LogP contribution in [-0.2, 0) is 0 Å². The van der Waals surface area contributed by atoms with Crippen molar-refractivity contribution < 1.29 is 0 Å². The highest BCUT2D eigenvalue weighted by Crippen LogP contribution is 2.46. The second-order valence-electron chi connectivity index (χ2n) is 13.7. The SMILES string of the molecule is c1ccc(-n2c3ccccc3c3cc4c5ccccc5n(-c5ccc6sc7c(-c8cccc9sc%10ccccc%10c89)cccc7c6c5)c4cc32)cc1. The van der Waals surface area contributed by atoms with E-state index in [0.717, 1.165) is 0 Å². The first-order valence-electron chi connectivity index (χ1n) is 17.7. The first kappa shape index (κ1) is 28.5. The van der Waals surface area contributed by atoms with Gasteiger partial charge in [0.25, 0.3) is 0 Å². The van der Waals surface area contributed by atoms with Gasteiger partial charge in [0.15, 0.2) is 0 Å². The fourth-order valence-corrected chi connectivity index (χ4v) is 11.0. The zero-order valence-corrected chi connectivity index (χ0v) is 29.5. The van der Waals surface area contributed by atoms with E-state index in [1.54, 1.807) is 0 Å². The highest BCUT2D eigenvalue weighted by molar-refractivity contribution is 7.26. The van der Waals surface area contributed by atoms with E-state index < -0.39 is 0 Å². The smallest absolute Gasteiger partial charge is 0.0562 e. The average molecular weight is 697 g/mol. The summed E-state index contributed by atoms with van der Waals surface area (Å²) in [6.07, 6.45) is 0. The van der Waals surface area contributed by atoms with Gasteiger partial charge in [-0.3, -0.25) is 0 Å². The van der Waals surface area contributed by atoms with E-state index in [1.807, 2.05) is 22.7 Å². The quantitative estimate of drug-likeness (QED) is 0.174. The van der Waals surface area contributed by atoms with Crippen molar-refractivity contribution >= 4 is 107 Å². The Kier molecular flexibility index (Phi) is 5.84. The highest BCUT2D eigenvalue weighted by atomic mass is 32.1. The maximum atomic E-state index is 2.47. The Bertz CT molecular complexity index is 3410. The van der Waals surface area contributed by atoms with Gasteiger partial charge in [0.05, 0.1) is 22.1 Å². The molecule has 0 atom stereocenters. The number of aromatic nitrogens is 2. The van der Waals surface area contributed by atoms with Crippen molar-refractivity contribution in [2.75, 3.05) is 0 Å². The lowest BCUT2D eigenvalue weighted by Gasteiger charge is -2.10. The van der Waals surface area contributed by atoms with Crippen LogP contribution in [0.15, 0.2) is 170 Å². The molecule has 0 fully saturated rings. The molecule has 12 aromatic rings. The number of nitrogens with zero attached hydrogens (tertiary/aromatic N) is 2. The summed E-state index contributed by atoms with van der Waals surface area (Å²) < 4.78 is 10.2. The van der Waals surface area contributed by atoms with Crippen LogP contribution < -0.4 is 0 Å². The molecule has 0 saturated heterocycles. The normalized spacial score (nSPS) is 12.2. The highest BCUT2D eigenvalue weighted by Gasteiger charge is 2.20. The van der Waals surface area contributed by atoms with Crippen LogP contribution in [0.5, 0.6) is 0 Å². The third-order valence-electron chi connectivity index (χ3n) is 10.9. The summed E-state index contributed by atoms with van der Waals surface area (Å²) in [4.78, 5) is 0. The summed E-state index contributed by atoms with van der Waals surface area (Å²) in [5.74, 6) is 0. The summed E-state index contributed by atoms with van der Waals surface area (Å²) in [6.45, 7) is 0. The minimum absolute atomic E-state index is 1.17. The summed E-state index contributed by atoms with van der Waals surface area (Å²) >= 11 is 3.79. The van der Waals surface area contributed by atoms with Gasteiger partial charge in [-0.1, -0.05) is 103 Å². The molecule has 4 heteroatoms. The molecular formula is C48H28N2S2. The molecule has 0 aliphatic carbocycles. The second kappa shape index (κ2) is 10.7. The zero-order chi connectivity index (χ0) is 33.9. The van der Waals surface area contributed by atoms with E-state index in [0.29, 0.717) is 0 Å².